The van der Waals surface area contributed by atoms with Crippen molar-refractivity contribution in [2.24, 2.45) is 0 Å². The van der Waals surface area contributed by atoms with Crippen LogP contribution in [-0.4, -0.2) is 0 Å². The van der Waals surface area contributed by atoms with Crippen molar-refractivity contribution in [2.45, 2.75) is 0 Å². The molecule has 0 nitrogen and oxygen atoms in total. The fourth-order valence-electron chi connectivity index (χ4n) is 0. The monoisotopic (exact) mass is 70.0 g/mol. The Bertz CT molecular complexity index is 17.1. The summed E-state index contributed by atoms with van der Waals surface area (Å²) in [7, 11) is 0. The minimum atomic E-state index is 0. The molecular weight excluding hydrogens is 66.4 g/mol. The zero-order valence-electron chi connectivity index (χ0n) is 3.66. The largest absolute Gasteiger partial charge is 1.00 e. The van der Waals surface area contributed by atoms with Crippen molar-refractivity contribution in [3.8, 4) is 0 Å². The molecule has 0 atom stereocenters. The molecule has 4 heavy (non-hydrogen) atoms. The zero-order valence-corrected chi connectivity index (χ0v) is 3.42. The van der Waals surface area contributed by atoms with E-state index in [4.69, 9.17) is 11.6 Å². The summed E-state index contributed by atoms with van der Waals surface area (Å²) in [6, 6.07) is 0. The molecule has 0 aliphatic carbocycles. The second-order valence-corrected chi connectivity index (χ2v) is 0.463. The van der Waals surface area contributed by atoms with Gasteiger partial charge in [-0.25, -0.2) is 0 Å². The maximum atomic E-state index is 4.76. The molecule has 0 aliphatic heterocycles. The van der Waals surface area contributed by atoms with Gasteiger partial charge in [-0.2, -0.15) is 0 Å². The average Bonchev–Trinajstić information content (AvgIpc) is 0.918. The Kier molecular flexibility index (Phi) is 20.8. The molecule has 0 radical (unpaired) electrons. The fourth-order valence-corrected chi connectivity index (χ4v) is 0. The Morgan fingerprint density at radius 3 is 2.00 bits per heavy atom. The number of hydrogen-bond donors (Lipinski definition) is 0. The molecule has 0 aromatic heterocycles. The van der Waals surface area contributed by atoms with E-state index in [2.05, 4.69) is 6.58 Å². The van der Waals surface area contributed by atoms with Gasteiger partial charge in [-0.15, -0.1) is 0 Å². The summed E-state index contributed by atoms with van der Waals surface area (Å²) in [5.41, 5.74) is 1.22. The van der Waals surface area contributed by atoms with Gasteiger partial charge in [-0.1, -0.05) is 18.2 Å². The minimum absolute atomic E-state index is 0. The molecule has 0 aromatic rings. The molecule has 0 N–H and O–H groups in total. The van der Waals surface area contributed by atoms with E-state index in [0.717, 1.165) is 0 Å². The summed E-state index contributed by atoms with van der Waals surface area (Å²) in [5.74, 6) is 0. The van der Waals surface area contributed by atoms with Crippen LogP contribution in [-0.2, 0) is 0 Å². The van der Waals surface area contributed by atoms with Gasteiger partial charge in [-0.05, 0) is 5.54 Å². The molecule has 0 unspecified atom stereocenters. The van der Waals surface area contributed by atoms with E-state index >= 15 is 0 Å². The summed E-state index contributed by atoms with van der Waals surface area (Å²) in [6.45, 7) is 3.13. The van der Waals surface area contributed by atoms with E-state index < -0.39 is 0 Å². The van der Waals surface area contributed by atoms with E-state index in [1.54, 1.807) is 0 Å². The molecule has 0 aromatic carbocycles. The number of rotatable bonds is 0. The maximum absolute atomic E-state index is 4.76. The third-order valence-corrected chi connectivity index (χ3v) is 0. The van der Waals surface area contributed by atoms with Crippen LogP contribution in [0, 0.1) is 0 Å². The van der Waals surface area contributed by atoms with Crippen LogP contribution in [0.15, 0.2) is 12.1 Å². The molecule has 0 saturated carbocycles. The van der Waals surface area contributed by atoms with E-state index in [9.17, 15) is 0 Å². The SMILES string of the molecule is C=CCl.[H-].[Li+]. The summed E-state index contributed by atoms with van der Waals surface area (Å²) >= 11 is 4.76. The van der Waals surface area contributed by atoms with Crippen LogP contribution in [0.2, 0.25) is 0 Å². The first kappa shape index (κ1) is 8.82. The second-order valence-electron chi connectivity index (χ2n) is 0.154. The first-order valence-electron chi connectivity index (χ1n) is 0.626. The smallest absolute Gasteiger partial charge is 1.00 e. The van der Waals surface area contributed by atoms with Gasteiger partial charge in [0.15, 0.2) is 0 Å². The third-order valence-electron chi connectivity index (χ3n) is 0. The molecule has 0 bridgehead atoms. The van der Waals surface area contributed by atoms with Crippen molar-refractivity contribution < 1.29 is 20.3 Å². The van der Waals surface area contributed by atoms with Gasteiger partial charge < -0.3 is 1.43 Å². The Morgan fingerprint density at radius 1 is 2.00 bits per heavy atom. The van der Waals surface area contributed by atoms with Crippen LogP contribution in [0.4, 0.5) is 0 Å². The van der Waals surface area contributed by atoms with E-state index in [1.165, 1.54) is 5.54 Å². The summed E-state index contributed by atoms with van der Waals surface area (Å²) in [4.78, 5) is 0. The van der Waals surface area contributed by atoms with Crippen LogP contribution in [0.1, 0.15) is 1.43 Å². The van der Waals surface area contributed by atoms with Crippen LogP contribution in [0.5, 0.6) is 0 Å². The molecule has 0 fully saturated rings. The normalized spacial score (nSPS) is 3.25. The van der Waals surface area contributed by atoms with Crippen molar-refractivity contribution >= 4 is 11.6 Å². The van der Waals surface area contributed by atoms with Crippen molar-refractivity contribution in [1.29, 1.82) is 0 Å². The molecule has 20 valence electrons. The Labute approximate surface area is 44.5 Å². The molecule has 0 amide bonds. The first-order valence-corrected chi connectivity index (χ1v) is 1.06. The van der Waals surface area contributed by atoms with Crippen LogP contribution in [0.25, 0.3) is 0 Å². The standard InChI is InChI=1S/C2H3Cl.Li.H/c1-2-3;;/h2H,1H2;;/q;+1;-1. The van der Waals surface area contributed by atoms with Crippen molar-refractivity contribution in [3.63, 3.8) is 0 Å². The van der Waals surface area contributed by atoms with Crippen molar-refractivity contribution in [1.82, 2.24) is 0 Å². The van der Waals surface area contributed by atoms with Crippen LogP contribution >= 0.6 is 11.6 Å². The fraction of sp³-hybridized carbons (Fsp3) is 0. The van der Waals surface area contributed by atoms with Crippen LogP contribution in [0.3, 0.4) is 0 Å². The summed E-state index contributed by atoms with van der Waals surface area (Å²) in [6.07, 6.45) is 0. The van der Waals surface area contributed by atoms with E-state index in [1.807, 2.05) is 0 Å². The predicted molar refractivity (Wildman–Crippen MR) is 17.2 cm³/mol. The van der Waals surface area contributed by atoms with Gasteiger partial charge in [0.05, 0.1) is 0 Å². The van der Waals surface area contributed by atoms with Gasteiger partial charge in [0.2, 0.25) is 0 Å². The van der Waals surface area contributed by atoms with Gasteiger partial charge >= 0.3 is 18.9 Å². The topological polar surface area (TPSA) is 0 Å². The predicted octanol–water partition coefficient (Wildman–Crippen LogP) is -1.51. The Balaban J connectivity index is -0.0000000200. The molecule has 0 aliphatic rings. The molecule has 0 saturated heterocycles. The Morgan fingerprint density at radius 2 is 2.00 bits per heavy atom. The summed E-state index contributed by atoms with van der Waals surface area (Å²) < 4.78 is 0. The van der Waals surface area contributed by atoms with Crippen molar-refractivity contribution in [2.75, 3.05) is 0 Å². The first-order chi connectivity index (χ1) is 1.41. The van der Waals surface area contributed by atoms with Crippen LogP contribution < -0.4 is 18.9 Å². The van der Waals surface area contributed by atoms with Gasteiger partial charge in [0.1, 0.15) is 0 Å². The molecule has 0 spiro atoms. The number of hydrogen-bond acceptors (Lipinski definition) is 0. The quantitative estimate of drug-likeness (QED) is 0.304. The van der Waals surface area contributed by atoms with E-state index in [0.29, 0.717) is 0 Å². The molecule has 0 heterocycles. The van der Waals surface area contributed by atoms with E-state index in [-0.39, 0.29) is 20.3 Å². The summed E-state index contributed by atoms with van der Waals surface area (Å²) in [5, 5.41) is 0. The Hall–Kier alpha value is 0.627. The van der Waals surface area contributed by atoms with Gasteiger partial charge in [-0.3, -0.25) is 0 Å². The third kappa shape index (κ3) is 17.7. The molecule has 2 heteroatoms. The second kappa shape index (κ2) is 9.45. The minimum Gasteiger partial charge on any atom is -1.00 e. The van der Waals surface area contributed by atoms with Crippen molar-refractivity contribution in [3.05, 3.63) is 12.1 Å². The van der Waals surface area contributed by atoms with Gasteiger partial charge in [0, 0.05) is 0 Å². The maximum Gasteiger partial charge on any atom is 1.00 e. The molecule has 0 rings (SSSR count). The number of halogens is 1. The van der Waals surface area contributed by atoms with Gasteiger partial charge in [0.25, 0.3) is 0 Å². The average molecular weight is 70.4 g/mol. The molecular formula is C2H4ClLi. The zero-order chi connectivity index (χ0) is 2.71.